The van der Waals surface area contributed by atoms with Crippen LogP contribution in [0.3, 0.4) is 0 Å². The summed E-state index contributed by atoms with van der Waals surface area (Å²) in [7, 11) is 1.73. The van der Waals surface area contributed by atoms with E-state index in [4.69, 9.17) is 0 Å². The number of phenols is 1. The first-order valence-electron chi connectivity index (χ1n) is 7.23. The Hall–Kier alpha value is -2.36. The van der Waals surface area contributed by atoms with E-state index >= 15 is 0 Å². The molecule has 0 radical (unpaired) electrons. The van der Waals surface area contributed by atoms with Gasteiger partial charge in [0.1, 0.15) is 11.6 Å². The zero-order valence-electron chi connectivity index (χ0n) is 12.8. The molecule has 0 fully saturated rings. The third-order valence-corrected chi connectivity index (χ3v) is 3.65. The van der Waals surface area contributed by atoms with Gasteiger partial charge in [-0.1, -0.05) is 31.2 Å². The molecule has 0 saturated heterocycles. The number of amides is 1. The minimum Gasteiger partial charge on any atom is -0.508 e. The van der Waals surface area contributed by atoms with Crippen LogP contribution < -0.4 is 0 Å². The minimum absolute atomic E-state index is 0.0138. The highest BCUT2D eigenvalue weighted by Crippen LogP contribution is 2.21. The van der Waals surface area contributed by atoms with E-state index < -0.39 is 0 Å². The lowest BCUT2D eigenvalue weighted by Crippen LogP contribution is -2.27. The van der Waals surface area contributed by atoms with Crippen molar-refractivity contribution < 1.29 is 14.3 Å². The third kappa shape index (κ3) is 4.32. The summed E-state index contributed by atoms with van der Waals surface area (Å²) in [4.78, 5) is 13.9. The van der Waals surface area contributed by atoms with Crippen LogP contribution in [-0.4, -0.2) is 23.0 Å². The first-order valence-corrected chi connectivity index (χ1v) is 7.23. The largest absolute Gasteiger partial charge is 0.508 e. The van der Waals surface area contributed by atoms with Gasteiger partial charge in [-0.05, 0) is 41.3 Å². The fraction of sp³-hybridized carbons (Fsp3) is 0.278. The molecule has 2 aromatic rings. The number of nitrogens with zero attached hydrogens (tertiary/aromatic N) is 1. The van der Waals surface area contributed by atoms with Crippen LogP contribution in [0.2, 0.25) is 0 Å². The van der Waals surface area contributed by atoms with Crippen LogP contribution in [0.15, 0.2) is 48.5 Å². The normalized spacial score (nSPS) is 12.0. The average molecular weight is 301 g/mol. The molecule has 0 aliphatic heterocycles. The second-order valence-electron chi connectivity index (χ2n) is 5.58. The molecule has 0 saturated carbocycles. The van der Waals surface area contributed by atoms with E-state index in [-0.39, 0.29) is 23.4 Å². The minimum atomic E-state index is -0.287. The molecule has 116 valence electrons. The Morgan fingerprint density at radius 1 is 1.23 bits per heavy atom. The van der Waals surface area contributed by atoms with Crippen molar-refractivity contribution in [2.45, 2.75) is 25.8 Å². The number of benzene rings is 2. The highest BCUT2D eigenvalue weighted by molar-refractivity contribution is 5.76. The van der Waals surface area contributed by atoms with E-state index in [0.29, 0.717) is 13.0 Å². The van der Waals surface area contributed by atoms with E-state index in [9.17, 15) is 14.3 Å². The Morgan fingerprint density at radius 2 is 1.95 bits per heavy atom. The maximum absolute atomic E-state index is 13.2. The zero-order chi connectivity index (χ0) is 16.1. The molecule has 0 spiro atoms. The van der Waals surface area contributed by atoms with E-state index in [2.05, 4.69) is 0 Å². The molecule has 1 unspecified atom stereocenters. The van der Waals surface area contributed by atoms with E-state index in [0.717, 1.165) is 11.1 Å². The van der Waals surface area contributed by atoms with Gasteiger partial charge < -0.3 is 10.0 Å². The molecule has 0 aliphatic rings. The predicted molar refractivity (Wildman–Crippen MR) is 84.0 cm³/mol. The van der Waals surface area contributed by atoms with E-state index in [1.54, 1.807) is 36.2 Å². The molecule has 0 aromatic heterocycles. The van der Waals surface area contributed by atoms with E-state index in [1.807, 2.05) is 19.1 Å². The standard InChI is InChI=1S/C18H20FNO2/c1-13(15-6-4-7-16(19)11-15)9-18(22)20(2)12-14-5-3-8-17(21)10-14/h3-8,10-11,13,21H,9,12H2,1-2H3. The first-order chi connectivity index (χ1) is 10.5. The van der Waals surface area contributed by atoms with Crippen molar-refractivity contribution in [2.75, 3.05) is 7.05 Å². The van der Waals surface area contributed by atoms with Gasteiger partial charge in [-0.2, -0.15) is 0 Å². The topological polar surface area (TPSA) is 40.5 Å². The van der Waals surface area contributed by atoms with Gasteiger partial charge in [0.05, 0.1) is 0 Å². The number of aromatic hydroxyl groups is 1. The number of hydrogen-bond donors (Lipinski definition) is 1. The van der Waals surface area contributed by atoms with Crippen molar-refractivity contribution in [3.63, 3.8) is 0 Å². The first kappa shape index (κ1) is 16.0. The molecule has 22 heavy (non-hydrogen) atoms. The molecule has 1 N–H and O–H groups in total. The number of halogens is 1. The van der Waals surface area contributed by atoms with Crippen LogP contribution in [0, 0.1) is 5.82 Å². The number of phenolic OH excluding ortho intramolecular Hbond substituents is 1. The maximum Gasteiger partial charge on any atom is 0.223 e. The Kier molecular flexibility index (Phi) is 5.15. The summed E-state index contributed by atoms with van der Waals surface area (Å²) in [5.74, 6) is -0.161. The maximum atomic E-state index is 13.2. The lowest BCUT2D eigenvalue weighted by molar-refractivity contribution is -0.130. The van der Waals surface area contributed by atoms with Gasteiger partial charge in [0.25, 0.3) is 0 Å². The molecule has 0 heterocycles. The second kappa shape index (κ2) is 7.07. The summed E-state index contributed by atoms with van der Waals surface area (Å²) in [5.41, 5.74) is 1.69. The van der Waals surface area contributed by atoms with Crippen LogP contribution in [-0.2, 0) is 11.3 Å². The molecule has 1 atom stereocenters. The van der Waals surface area contributed by atoms with Crippen molar-refractivity contribution in [3.05, 3.63) is 65.5 Å². The van der Waals surface area contributed by atoms with Gasteiger partial charge in [0.15, 0.2) is 0 Å². The van der Waals surface area contributed by atoms with Crippen molar-refractivity contribution in [1.29, 1.82) is 0 Å². The molecule has 4 heteroatoms. The van der Waals surface area contributed by atoms with Gasteiger partial charge in [-0.25, -0.2) is 4.39 Å². The van der Waals surface area contributed by atoms with Crippen molar-refractivity contribution in [1.82, 2.24) is 4.90 Å². The van der Waals surface area contributed by atoms with Crippen molar-refractivity contribution in [2.24, 2.45) is 0 Å². The predicted octanol–water partition coefficient (Wildman–Crippen LogP) is 3.68. The molecule has 2 aromatic carbocycles. The Labute approximate surface area is 130 Å². The number of carbonyl (C=O) groups excluding carboxylic acids is 1. The smallest absolute Gasteiger partial charge is 0.223 e. The van der Waals surface area contributed by atoms with Crippen LogP contribution >= 0.6 is 0 Å². The zero-order valence-corrected chi connectivity index (χ0v) is 12.8. The van der Waals surface area contributed by atoms with Crippen LogP contribution in [0.25, 0.3) is 0 Å². The summed E-state index contributed by atoms with van der Waals surface area (Å²) in [6, 6.07) is 13.2. The molecule has 1 amide bonds. The molecular formula is C18H20FNO2. The average Bonchev–Trinajstić information content (AvgIpc) is 2.47. The highest BCUT2D eigenvalue weighted by Gasteiger charge is 2.15. The van der Waals surface area contributed by atoms with Crippen molar-refractivity contribution in [3.8, 4) is 5.75 Å². The fourth-order valence-corrected chi connectivity index (χ4v) is 2.37. The highest BCUT2D eigenvalue weighted by atomic mass is 19.1. The lowest BCUT2D eigenvalue weighted by Gasteiger charge is -2.20. The Balaban J connectivity index is 1.96. The monoisotopic (exact) mass is 301 g/mol. The van der Waals surface area contributed by atoms with Gasteiger partial charge in [0.2, 0.25) is 5.91 Å². The molecule has 0 aliphatic carbocycles. The second-order valence-corrected chi connectivity index (χ2v) is 5.58. The molecule has 0 bridgehead atoms. The van der Waals surface area contributed by atoms with Crippen molar-refractivity contribution >= 4 is 5.91 Å². The van der Waals surface area contributed by atoms with Crippen LogP contribution in [0.5, 0.6) is 5.75 Å². The van der Waals surface area contributed by atoms with E-state index in [1.165, 1.54) is 12.1 Å². The van der Waals surface area contributed by atoms with Gasteiger partial charge >= 0.3 is 0 Å². The Morgan fingerprint density at radius 3 is 2.64 bits per heavy atom. The van der Waals surface area contributed by atoms with Gasteiger partial charge in [-0.15, -0.1) is 0 Å². The molecule has 2 rings (SSSR count). The molecule has 3 nitrogen and oxygen atoms in total. The summed E-state index contributed by atoms with van der Waals surface area (Å²) in [6.07, 6.45) is 0.318. The third-order valence-electron chi connectivity index (χ3n) is 3.65. The van der Waals surface area contributed by atoms with Gasteiger partial charge in [-0.3, -0.25) is 4.79 Å². The quantitative estimate of drug-likeness (QED) is 0.915. The van der Waals surface area contributed by atoms with Crippen LogP contribution in [0.4, 0.5) is 4.39 Å². The lowest BCUT2D eigenvalue weighted by atomic mass is 9.97. The summed E-state index contributed by atoms with van der Waals surface area (Å²) < 4.78 is 13.2. The number of hydrogen-bond acceptors (Lipinski definition) is 2. The summed E-state index contributed by atoms with van der Waals surface area (Å²) in [5, 5.41) is 9.45. The fourth-order valence-electron chi connectivity index (χ4n) is 2.37. The SMILES string of the molecule is CC(CC(=O)N(C)Cc1cccc(O)c1)c1cccc(F)c1. The summed E-state index contributed by atoms with van der Waals surface area (Å²) >= 11 is 0. The number of rotatable bonds is 5. The van der Waals surface area contributed by atoms with Crippen LogP contribution in [0.1, 0.15) is 30.4 Å². The van der Waals surface area contributed by atoms with Gasteiger partial charge in [0, 0.05) is 20.0 Å². The molecular weight excluding hydrogens is 281 g/mol. The Bertz CT molecular complexity index is 657. The summed E-state index contributed by atoms with van der Waals surface area (Å²) in [6.45, 7) is 2.35. The number of carbonyl (C=O) groups is 1.